The number of fused-ring (bicyclic) bond motifs is 1. The number of alkyl halides is 2. The van der Waals surface area contributed by atoms with Gasteiger partial charge < -0.3 is 19.1 Å². The molecule has 0 unspecified atom stereocenters. The van der Waals surface area contributed by atoms with Gasteiger partial charge in [0.05, 0.1) is 5.56 Å². The number of benzene rings is 1. The molecule has 1 aliphatic rings. The van der Waals surface area contributed by atoms with E-state index >= 15 is 0 Å². The van der Waals surface area contributed by atoms with Crippen molar-refractivity contribution in [1.29, 1.82) is 0 Å². The van der Waals surface area contributed by atoms with Crippen LogP contribution in [0.5, 0.6) is 11.5 Å². The molecule has 0 fully saturated rings. The monoisotopic (exact) mass is 333 g/mol. The number of carbonyl (C=O) groups excluding carboxylic acids is 1. The Kier molecular flexibility index (Phi) is 4.63. The predicted octanol–water partition coefficient (Wildman–Crippen LogP) is 3.73. The largest absolute Gasteiger partial charge is 0.490 e. The Morgan fingerprint density at radius 3 is 2.61 bits per heavy atom. The quantitative estimate of drug-likeness (QED) is 0.846. The summed E-state index contributed by atoms with van der Waals surface area (Å²) in [5, 5.41) is 0. The molecule has 0 radical (unpaired) electrons. The number of ether oxygens (including phenoxy) is 3. The van der Waals surface area contributed by atoms with Crippen LogP contribution in [0.25, 0.3) is 0 Å². The molecular formula is C15H18F3NO4. The second-order valence-corrected chi connectivity index (χ2v) is 6.11. The maximum atomic E-state index is 14.2. The van der Waals surface area contributed by atoms with Gasteiger partial charge in [0.25, 0.3) is 0 Å². The van der Waals surface area contributed by atoms with E-state index in [0.717, 1.165) is 6.07 Å². The first-order valence-electron chi connectivity index (χ1n) is 6.95. The summed E-state index contributed by atoms with van der Waals surface area (Å²) in [7, 11) is 1.46. The summed E-state index contributed by atoms with van der Waals surface area (Å²) >= 11 is 0. The normalized spacial score (nSPS) is 16.8. The highest BCUT2D eigenvalue weighted by atomic mass is 19.3. The predicted molar refractivity (Wildman–Crippen MR) is 75.3 cm³/mol. The highest BCUT2D eigenvalue weighted by Crippen LogP contribution is 2.40. The third-order valence-corrected chi connectivity index (χ3v) is 3.17. The van der Waals surface area contributed by atoms with Crippen LogP contribution in [0.2, 0.25) is 0 Å². The number of rotatable bonds is 3. The van der Waals surface area contributed by atoms with Gasteiger partial charge in [-0.3, -0.25) is 0 Å². The van der Waals surface area contributed by atoms with E-state index in [1.54, 1.807) is 20.8 Å². The molecule has 23 heavy (non-hydrogen) atoms. The number of amides is 1. The lowest BCUT2D eigenvalue weighted by molar-refractivity contribution is -0.0500. The van der Waals surface area contributed by atoms with Crippen LogP contribution in [0.3, 0.4) is 0 Å². The van der Waals surface area contributed by atoms with E-state index in [0.29, 0.717) is 0 Å². The van der Waals surface area contributed by atoms with Gasteiger partial charge in [-0.15, -0.1) is 0 Å². The van der Waals surface area contributed by atoms with Crippen molar-refractivity contribution in [2.45, 2.75) is 39.0 Å². The zero-order valence-corrected chi connectivity index (χ0v) is 13.2. The third kappa shape index (κ3) is 4.00. The molecule has 0 spiro atoms. The molecule has 0 N–H and O–H groups in total. The minimum Gasteiger partial charge on any atom is -0.490 e. The summed E-state index contributed by atoms with van der Waals surface area (Å²) < 4.78 is 53.4. The van der Waals surface area contributed by atoms with Crippen molar-refractivity contribution < 1.29 is 32.2 Å². The molecular weight excluding hydrogens is 315 g/mol. The summed E-state index contributed by atoms with van der Waals surface area (Å²) in [6.45, 7) is 2.08. The van der Waals surface area contributed by atoms with Crippen molar-refractivity contribution in [3.8, 4) is 11.5 Å². The van der Waals surface area contributed by atoms with Crippen molar-refractivity contribution in [3.63, 3.8) is 0 Å². The van der Waals surface area contributed by atoms with E-state index in [1.807, 2.05) is 0 Å². The molecule has 1 aliphatic heterocycles. The van der Waals surface area contributed by atoms with Gasteiger partial charge >= 0.3 is 12.7 Å². The van der Waals surface area contributed by atoms with Crippen molar-refractivity contribution in [3.05, 3.63) is 23.5 Å². The van der Waals surface area contributed by atoms with E-state index in [9.17, 15) is 18.0 Å². The summed E-state index contributed by atoms with van der Waals surface area (Å²) in [6, 6.07) is 1.31. The standard InChI is InChI=1S/C15H18F3NO4/c1-15(2,3)23-14(20)19(4)10-7-21-11-6-8(22-13(17)18)5-9(16)12(10)11/h5-6,10,13H,7H2,1-4H3/t10-/m0/s1. The van der Waals surface area contributed by atoms with Crippen LogP contribution in [0.15, 0.2) is 12.1 Å². The van der Waals surface area contributed by atoms with Crippen LogP contribution in [0, 0.1) is 5.82 Å². The maximum absolute atomic E-state index is 14.2. The van der Waals surface area contributed by atoms with E-state index in [-0.39, 0.29) is 23.7 Å². The zero-order chi connectivity index (χ0) is 17.4. The van der Waals surface area contributed by atoms with Crippen LogP contribution < -0.4 is 9.47 Å². The molecule has 128 valence electrons. The first-order valence-corrected chi connectivity index (χ1v) is 6.95. The molecule has 5 nitrogen and oxygen atoms in total. The smallest absolute Gasteiger partial charge is 0.410 e. The van der Waals surface area contributed by atoms with Gasteiger partial charge in [-0.1, -0.05) is 0 Å². The first-order chi connectivity index (χ1) is 10.6. The van der Waals surface area contributed by atoms with Crippen molar-refractivity contribution in [2.75, 3.05) is 13.7 Å². The number of likely N-dealkylation sites (N-methyl/N-ethyl adjacent to an activating group) is 1. The molecule has 0 saturated heterocycles. The fraction of sp³-hybridized carbons (Fsp3) is 0.533. The Balaban J connectivity index is 2.23. The summed E-state index contributed by atoms with van der Waals surface area (Å²) in [5.74, 6) is -1.05. The molecule has 0 aromatic heterocycles. The lowest BCUT2D eigenvalue weighted by atomic mass is 10.1. The topological polar surface area (TPSA) is 48.0 Å². The van der Waals surface area contributed by atoms with Gasteiger partial charge in [0.15, 0.2) is 0 Å². The van der Waals surface area contributed by atoms with Crippen molar-refractivity contribution >= 4 is 6.09 Å². The van der Waals surface area contributed by atoms with Gasteiger partial charge in [0.2, 0.25) is 0 Å². The first kappa shape index (κ1) is 17.2. The molecule has 2 rings (SSSR count). The Hall–Kier alpha value is -2.12. The van der Waals surface area contributed by atoms with Crippen molar-refractivity contribution in [2.24, 2.45) is 0 Å². The van der Waals surface area contributed by atoms with Crippen LogP contribution in [0.4, 0.5) is 18.0 Å². The van der Waals surface area contributed by atoms with Crippen molar-refractivity contribution in [1.82, 2.24) is 4.90 Å². The molecule has 1 amide bonds. The maximum Gasteiger partial charge on any atom is 0.410 e. The molecule has 0 aliphatic carbocycles. The second-order valence-electron chi connectivity index (χ2n) is 6.11. The third-order valence-electron chi connectivity index (χ3n) is 3.17. The number of hydrogen-bond acceptors (Lipinski definition) is 4. The van der Waals surface area contributed by atoms with Crippen LogP contribution >= 0.6 is 0 Å². The average molecular weight is 333 g/mol. The van der Waals surface area contributed by atoms with Crippen LogP contribution in [-0.2, 0) is 4.74 Å². The fourth-order valence-electron chi connectivity index (χ4n) is 2.20. The number of carbonyl (C=O) groups is 1. The van der Waals surface area contributed by atoms with Gasteiger partial charge in [-0.05, 0) is 20.8 Å². The molecule has 1 atom stereocenters. The zero-order valence-electron chi connectivity index (χ0n) is 13.2. The lowest BCUT2D eigenvalue weighted by Crippen LogP contribution is -2.37. The van der Waals surface area contributed by atoms with Gasteiger partial charge in [-0.25, -0.2) is 9.18 Å². The molecule has 0 saturated carbocycles. The molecule has 1 aromatic rings. The van der Waals surface area contributed by atoms with Gasteiger partial charge in [0, 0.05) is 19.2 Å². The molecule has 0 bridgehead atoms. The molecule has 1 heterocycles. The average Bonchev–Trinajstić information content (AvgIpc) is 2.79. The highest BCUT2D eigenvalue weighted by Gasteiger charge is 2.35. The fourth-order valence-corrected chi connectivity index (χ4v) is 2.20. The van der Waals surface area contributed by atoms with E-state index in [4.69, 9.17) is 9.47 Å². The number of halogens is 3. The minimum absolute atomic E-state index is 0.000127. The second kappa shape index (κ2) is 6.17. The SMILES string of the molecule is CN(C(=O)OC(C)(C)C)[C@H]1COc2cc(OC(F)F)cc(F)c21. The Morgan fingerprint density at radius 1 is 1.39 bits per heavy atom. The Labute approximate surface area is 131 Å². The number of nitrogens with zero attached hydrogens (tertiary/aromatic N) is 1. The lowest BCUT2D eigenvalue weighted by Gasteiger charge is -2.28. The van der Waals surface area contributed by atoms with Crippen LogP contribution in [0.1, 0.15) is 32.4 Å². The Bertz CT molecular complexity index is 601. The molecule has 8 heteroatoms. The van der Waals surface area contributed by atoms with Crippen LogP contribution in [-0.4, -0.2) is 36.9 Å². The van der Waals surface area contributed by atoms with E-state index in [1.165, 1.54) is 18.0 Å². The number of hydrogen-bond donors (Lipinski definition) is 0. The molecule has 1 aromatic carbocycles. The Morgan fingerprint density at radius 2 is 2.04 bits per heavy atom. The summed E-state index contributed by atoms with van der Waals surface area (Å²) in [4.78, 5) is 13.3. The highest BCUT2D eigenvalue weighted by molar-refractivity contribution is 5.69. The summed E-state index contributed by atoms with van der Waals surface area (Å²) in [6.07, 6.45) is -0.633. The van der Waals surface area contributed by atoms with Gasteiger partial charge in [-0.2, -0.15) is 8.78 Å². The summed E-state index contributed by atoms with van der Waals surface area (Å²) in [5.41, 5.74) is -0.582. The van der Waals surface area contributed by atoms with Gasteiger partial charge in [0.1, 0.15) is 35.6 Å². The van der Waals surface area contributed by atoms with E-state index < -0.39 is 30.2 Å². The minimum atomic E-state index is -3.06. The van der Waals surface area contributed by atoms with E-state index in [2.05, 4.69) is 4.74 Å².